The monoisotopic (exact) mass is 283 g/mol. The maximum atomic E-state index is 11.8. The largest absolute Gasteiger partial charge is 0.397 e. The zero-order chi connectivity index (χ0) is 13.9. The third kappa shape index (κ3) is 4.20. The van der Waals surface area contributed by atoms with E-state index >= 15 is 0 Å². The van der Waals surface area contributed by atoms with Crippen LogP contribution in [0.25, 0.3) is 0 Å². The molecule has 1 aromatic rings. The summed E-state index contributed by atoms with van der Waals surface area (Å²) >= 11 is 0. The molecule has 0 spiro atoms. The van der Waals surface area contributed by atoms with Gasteiger partial charge in [0.15, 0.2) is 0 Å². The highest BCUT2D eigenvalue weighted by Gasteiger charge is 2.24. The van der Waals surface area contributed by atoms with Gasteiger partial charge in [0, 0.05) is 11.7 Å². The SMILES string of the molecule is Nc1ccc(CC(=O)NC2CCS(=O)(=O)CC2)nc1. The number of pyridine rings is 1. The summed E-state index contributed by atoms with van der Waals surface area (Å²) < 4.78 is 22.5. The molecule has 1 aliphatic heterocycles. The number of nitrogen functional groups attached to an aromatic ring is 1. The summed E-state index contributed by atoms with van der Waals surface area (Å²) in [6.45, 7) is 0. The molecule has 7 heteroatoms. The third-order valence-electron chi connectivity index (χ3n) is 3.11. The predicted octanol–water partition coefficient (Wildman–Crippen LogP) is -0.100. The molecule has 0 radical (unpaired) electrons. The molecule has 2 heterocycles. The molecule has 0 unspecified atom stereocenters. The van der Waals surface area contributed by atoms with Crippen LogP contribution in [0.3, 0.4) is 0 Å². The molecule has 1 fully saturated rings. The second-order valence-corrected chi connectivity index (χ2v) is 7.06. The Kier molecular flexibility index (Phi) is 4.04. The molecule has 19 heavy (non-hydrogen) atoms. The molecule has 104 valence electrons. The average molecular weight is 283 g/mol. The fourth-order valence-corrected chi connectivity index (χ4v) is 3.51. The van der Waals surface area contributed by atoms with Gasteiger partial charge >= 0.3 is 0 Å². The summed E-state index contributed by atoms with van der Waals surface area (Å²) in [4.78, 5) is 15.8. The molecule has 1 saturated heterocycles. The van der Waals surface area contributed by atoms with Crippen molar-refractivity contribution in [2.45, 2.75) is 25.3 Å². The molecular weight excluding hydrogens is 266 g/mol. The van der Waals surface area contributed by atoms with Crippen LogP contribution < -0.4 is 11.1 Å². The quantitative estimate of drug-likeness (QED) is 0.806. The van der Waals surface area contributed by atoms with Gasteiger partial charge in [-0.05, 0) is 25.0 Å². The second kappa shape index (κ2) is 5.56. The first-order valence-corrected chi connectivity index (χ1v) is 7.97. The number of amides is 1. The number of sulfone groups is 1. The van der Waals surface area contributed by atoms with Crippen molar-refractivity contribution in [1.82, 2.24) is 10.3 Å². The summed E-state index contributed by atoms with van der Waals surface area (Å²) in [5.41, 5.74) is 6.72. The van der Waals surface area contributed by atoms with Crippen LogP contribution in [0.5, 0.6) is 0 Å². The Bertz CT molecular complexity index is 540. The molecule has 0 saturated carbocycles. The first-order chi connectivity index (χ1) is 8.94. The average Bonchev–Trinajstić information content (AvgIpc) is 2.35. The van der Waals surface area contributed by atoms with E-state index in [-0.39, 0.29) is 29.9 Å². The molecule has 0 bridgehead atoms. The molecule has 1 amide bonds. The van der Waals surface area contributed by atoms with Gasteiger partial charge in [-0.2, -0.15) is 0 Å². The van der Waals surface area contributed by atoms with Crippen molar-refractivity contribution in [3.05, 3.63) is 24.0 Å². The number of rotatable bonds is 3. The third-order valence-corrected chi connectivity index (χ3v) is 4.82. The van der Waals surface area contributed by atoms with E-state index in [9.17, 15) is 13.2 Å². The van der Waals surface area contributed by atoms with Gasteiger partial charge in [0.2, 0.25) is 5.91 Å². The van der Waals surface area contributed by atoms with Gasteiger partial charge in [-0.15, -0.1) is 0 Å². The Labute approximate surface area is 112 Å². The Morgan fingerprint density at radius 3 is 2.63 bits per heavy atom. The number of nitrogens with two attached hydrogens (primary N) is 1. The summed E-state index contributed by atoms with van der Waals surface area (Å²) in [6, 6.07) is 3.35. The van der Waals surface area contributed by atoms with Gasteiger partial charge in [-0.25, -0.2) is 8.42 Å². The van der Waals surface area contributed by atoms with Gasteiger partial charge in [0.05, 0.1) is 29.8 Å². The molecule has 1 aromatic heterocycles. The van der Waals surface area contributed by atoms with Crippen LogP contribution in [0.4, 0.5) is 5.69 Å². The lowest BCUT2D eigenvalue weighted by Crippen LogP contribution is -2.41. The lowest BCUT2D eigenvalue weighted by atomic mass is 10.1. The summed E-state index contributed by atoms with van der Waals surface area (Å²) in [5, 5.41) is 2.85. The van der Waals surface area contributed by atoms with Crippen molar-refractivity contribution < 1.29 is 13.2 Å². The highest BCUT2D eigenvalue weighted by molar-refractivity contribution is 7.91. The van der Waals surface area contributed by atoms with Crippen LogP contribution in [0.1, 0.15) is 18.5 Å². The Morgan fingerprint density at radius 1 is 1.37 bits per heavy atom. The van der Waals surface area contributed by atoms with Gasteiger partial charge in [-0.3, -0.25) is 9.78 Å². The molecule has 2 rings (SSSR count). The first kappa shape index (κ1) is 13.8. The van der Waals surface area contributed by atoms with E-state index in [2.05, 4.69) is 10.3 Å². The van der Waals surface area contributed by atoms with Crippen LogP contribution in [0.2, 0.25) is 0 Å². The number of hydrogen-bond donors (Lipinski definition) is 2. The Hall–Kier alpha value is -1.63. The lowest BCUT2D eigenvalue weighted by molar-refractivity contribution is -0.121. The van der Waals surface area contributed by atoms with Crippen LogP contribution >= 0.6 is 0 Å². The lowest BCUT2D eigenvalue weighted by Gasteiger charge is -2.22. The van der Waals surface area contributed by atoms with Gasteiger partial charge < -0.3 is 11.1 Å². The van der Waals surface area contributed by atoms with E-state index in [4.69, 9.17) is 5.73 Å². The van der Waals surface area contributed by atoms with E-state index in [1.54, 1.807) is 12.1 Å². The summed E-state index contributed by atoms with van der Waals surface area (Å²) in [5.74, 6) is 0.164. The molecule has 3 N–H and O–H groups in total. The minimum absolute atomic E-state index is 0.0511. The summed E-state index contributed by atoms with van der Waals surface area (Å²) in [6.07, 6.45) is 2.67. The standard InChI is InChI=1S/C12H17N3O3S/c13-9-1-2-11(14-8-9)7-12(16)15-10-3-5-19(17,18)6-4-10/h1-2,8,10H,3-7,13H2,(H,15,16). The maximum Gasteiger partial charge on any atom is 0.226 e. The molecule has 0 atom stereocenters. The summed E-state index contributed by atoms with van der Waals surface area (Å²) in [7, 11) is -2.89. The fraction of sp³-hybridized carbons (Fsp3) is 0.500. The molecular formula is C12H17N3O3S. The van der Waals surface area contributed by atoms with E-state index in [1.165, 1.54) is 6.20 Å². The van der Waals surface area contributed by atoms with Crippen molar-refractivity contribution in [2.75, 3.05) is 17.2 Å². The number of carbonyl (C=O) groups is 1. The second-order valence-electron chi connectivity index (χ2n) is 4.75. The van der Waals surface area contributed by atoms with Gasteiger partial charge in [0.1, 0.15) is 9.84 Å². The predicted molar refractivity (Wildman–Crippen MR) is 72.2 cm³/mol. The van der Waals surface area contributed by atoms with Crippen molar-refractivity contribution in [2.24, 2.45) is 0 Å². The highest BCUT2D eigenvalue weighted by atomic mass is 32.2. The van der Waals surface area contributed by atoms with Crippen LogP contribution in [-0.4, -0.2) is 36.9 Å². The topological polar surface area (TPSA) is 102 Å². The van der Waals surface area contributed by atoms with E-state index in [0.717, 1.165) is 0 Å². The van der Waals surface area contributed by atoms with Crippen LogP contribution in [0.15, 0.2) is 18.3 Å². The highest BCUT2D eigenvalue weighted by Crippen LogP contribution is 2.12. The van der Waals surface area contributed by atoms with E-state index in [1.807, 2.05) is 0 Å². The Morgan fingerprint density at radius 2 is 2.05 bits per heavy atom. The molecule has 6 nitrogen and oxygen atoms in total. The van der Waals surface area contributed by atoms with Gasteiger partial charge in [-0.1, -0.05) is 0 Å². The normalized spacial score (nSPS) is 18.9. The number of aromatic nitrogens is 1. The number of nitrogens with zero attached hydrogens (tertiary/aromatic N) is 1. The van der Waals surface area contributed by atoms with Crippen LogP contribution in [0, 0.1) is 0 Å². The zero-order valence-electron chi connectivity index (χ0n) is 10.5. The van der Waals surface area contributed by atoms with E-state index in [0.29, 0.717) is 24.2 Å². The maximum absolute atomic E-state index is 11.8. The number of carbonyl (C=O) groups excluding carboxylic acids is 1. The number of nitrogens with one attached hydrogen (secondary N) is 1. The van der Waals surface area contributed by atoms with Crippen molar-refractivity contribution >= 4 is 21.4 Å². The van der Waals surface area contributed by atoms with Gasteiger partial charge in [0.25, 0.3) is 0 Å². The zero-order valence-corrected chi connectivity index (χ0v) is 11.3. The van der Waals surface area contributed by atoms with Crippen LogP contribution in [-0.2, 0) is 21.1 Å². The molecule has 0 aliphatic carbocycles. The van der Waals surface area contributed by atoms with E-state index < -0.39 is 9.84 Å². The first-order valence-electron chi connectivity index (χ1n) is 6.15. The number of hydrogen-bond acceptors (Lipinski definition) is 5. The fourth-order valence-electron chi connectivity index (χ4n) is 2.02. The van der Waals surface area contributed by atoms with Crippen molar-refractivity contribution in [3.8, 4) is 0 Å². The Balaban J connectivity index is 1.83. The van der Waals surface area contributed by atoms with Crippen molar-refractivity contribution in [1.29, 1.82) is 0 Å². The molecule has 0 aromatic carbocycles. The van der Waals surface area contributed by atoms with Crippen molar-refractivity contribution in [3.63, 3.8) is 0 Å². The number of anilines is 1. The minimum Gasteiger partial charge on any atom is -0.397 e. The molecule has 1 aliphatic rings. The smallest absolute Gasteiger partial charge is 0.226 e. The minimum atomic E-state index is -2.89.